The Hall–Kier alpha value is -2.60. The van der Waals surface area contributed by atoms with Gasteiger partial charge in [-0.05, 0) is 64.3 Å². The summed E-state index contributed by atoms with van der Waals surface area (Å²) in [6.45, 7) is 7.42. The molecule has 6 heteroatoms. The summed E-state index contributed by atoms with van der Waals surface area (Å²) in [4.78, 5) is 21.0. The lowest BCUT2D eigenvalue weighted by Gasteiger charge is -2.19. The number of aromatic nitrogens is 1. The lowest BCUT2D eigenvalue weighted by molar-refractivity contribution is 0.102. The second-order valence-corrected chi connectivity index (χ2v) is 6.21. The number of carbonyl (C=O) groups excluding carboxylic acids is 1. The average Bonchev–Trinajstić information content (AvgIpc) is 2.64. The molecular formula is C20H28N4O2. The first kappa shape index (κ1) is 19.7. The zero-order valence-corrected chi connectivity index (χ0v) is 16.0. The zero-order chi connectivity index (χ0) is 18.9. The van der Waals surface area contributed by atoms with Gasteiger partial charge in [-0.2, -0.15) is 0 Å². The first-order valence-corrected chi connectivity index (χ1v) is 8.93. The first-order chi connectivity index (χ1) is 12.5. The van der Waals surface area contributed by atoms with Crippen LogP contribution in [0.2, 0.25) is 0 Å². The van der Waals surface area contributed by atoms with Crippen molar-refractivity contribution in [2.24, 2.45) is 0 Å². The van der Waals surface area contributed by atoms with Crippen LogP contribution < -0.4 is 15.0 Å². The Morgan fingerprint density at radius 3 is 2.31 bits per heavy atom. The maximum Gasteiger partial charge on any atom is 0.257 e. The number of nitrogens with one attached hydrogen (secondary N) is 1. The van der Waals surface area contributed by atoms with E-state index >= 15 is 0 Å². The van der Waals surface area contributed by atoms with Crippen molar-refractivity contribution in [3.63, 3.8) is 0 Å². The van der Waals surface area contributed by atoms with E-state index in [0.717, 1.165) is 36.9 Å². The number of ether oxygens (including phenoxy) is 1. The van der Waals surface area contributed by atoms with Crippen LogP contribution in [-0.2, 0) is 0 Å². The molecule has 1 aromatic carbocycles. The summed E-state index contributed by atoms with van der Waals surface area (Å²) in [5, 5.41) is 2.88. The van der Waals surface area contributed by atoms with E-state index in [1.807, 2.05) is 44.4 Å². The topological polar surface area (TPSA) is 57.7 Å². The molecule has 0 atom stereocenters. The van der Waals surface area contributed by atoms with Crippen LogP contribution in [0.5, 0.6) is 5.75 Å². The summed E-state index contributed by atoms with van der Waals surface area (Å²) in [7, 11) is 4.01. The van der Waals surface area contributed by atoms with Gasteiger partial charge in [-0.1, -0.05) is 0 Å². The van der Waals surface area contributed by atoms with E-state index in [1.54, 1.807) is 12.3 Å². The highest BCUT2D eigenvalue weighted by Gasteiger charge is 2.09. The molecule has 0 unspecified atom stereocenters. The van der Waals surface area contributed by atoms with Crippen LogP contribution in [0, 0.1) is 0 Å². The first-order valence-electron chi connectivity index (χ1n) is 8.93. The Morgan fingerprint density at radius 1 is 1.08 bits per heavy atom. The molecule has 140 valence electrons. The van der Waals surface area contributed by atoms with Gasteiger partial charge in [0.05, 0.1) is 5.56 Å². The highest BCUT2D eigenvalue weighted by atomic mass is 16.5. The molecule has 0 aliphatic rings. The molecule has 0 fully saturated rings. The number of anilines is 2. The molecule has 26 heavy (non-hydrogen) atoms. The van der Waals surface area contributed by atoms with E-state index < -0.39 is 0 Å². The van der Waals surface area contributed by atoms with Crippen LogP contribution in [0.3, 0.4) is 0 Å². The minimum Gasteiger partial charge on any atom is -0.492 e. The van der Waals surface area contributed by atoms with Gasteiger partial charge in [-0.15, -0.1) is 0 Å². The summed E-state index contributed by atoms with van der Waals surface area (Å²) in [5.74, 6) is 1.49. The van der Waals surface area contributed by atoms with E-state index in [4.69, 9.17) is 4.74 Å². The molecule has 1 amide bonds. The van der Waals surface area contributed by atoms with Crippen LogP contribution in [0.4, 0.5) is 11.5 Å². The molecule has 0 radical (unpaired) electrons. The molecule has 2 rings (SSSR count). The van der Waals surface area contributed by atoms with Gasteiger partial charge >= 0.3 is 0 Å². The molecule has 6 nitrogen and oxygen atoms in total. The van der Waals surface area contributed by atoms with E-state index in [0.29, 0.717) is 12.2 Å². The monoisotopic (exact) mass is 356 g/mol. The number of benzene rings is 1. The van der Waals surface area contributed by atoms with Crippen molar-refractivity contribution in [3.05, 3.63) is 48.2 Å². The van der Waals surface area contributed by atoms with Crippen molar-refractivity contribution in [1.82, 2.24) is 9.88 Å². The Morgan fingerprint density at radius 2 is 1.77 bits per heavy atom. The van der Waals surface area contributed by atoms with Crippen LogP contribution in [-0.4, -0.2) is 56.1 Å². The van der Waals surface area contributed by atoms with Crippen LogP contribution in [0.15, 0.2) is 42.6 Å². The number of amides is 1. The zero-order valence-electron chi connectivity index (χ0n) is 16.0. The van der Waals surface area contributed by atoms with Crippen molar-refractivity contribution in [2.75, 3.05) is 50.6 Å². The van der Waals surface area contributed by atoms with Crippen molar-refractivity contribution >= 4 is 17.4 Å². The molecule has 0 saturated carbocycles. The number of rotatable bonds is 9. The summed E-state index contributed by atoms with van der Waals surface area (Å²) in [6.07, 6.45) is 1.61. The fourth-order valence-electron chi connectivity index (χ4n) is 2.44. The van der Waals surface area contributed by atoms with Crippen molar-refractivity contribution in [3.8, 4) is 5.75 Å². The van der Waals surface area contributed by atoms with Gasteiger partial charge in [-0.3, -0.25) is 4.79 Å². The molecule has 1 heterocycles. The largest absolute Gasteiger partial charge is 0.492 e. The second-order valence-electron chi connectivity index (χ2n) is 6.21. The van der Waals surface area contributed by atoms with E-state index in [2.05, 4.69) is 33.9 Å². The minimum atomic E-state index is -0.176. The summed E-state index contributed by atoms with van der Waals surface area (Å²) in [5.41, 5.74) is 1.26. The highest BCUT2D eigenvalue weighted by molar-refractivity contribution is 6.04. The van der Waals surface area contributed by atoms with Crippen LogP contribution in [0.25, 0.3) is 0 Å². The van der Waals surface area contributed by atoms with Gasteiger partial charge in [0.1, 0.15) is 18.2 Å². The Bertz CT molecular complexity index is 680. The van der Waals surface area contributed by atoms with Gasteiger partial charge < -0.3 is 19.9 Å². The third kappa shape index (κ3) is 5.74. The van der Waals surface area contributed by atoms with Gasteiger partial charge in [0.2, 0.25) is 0 Å². The summed E-state index contributed by atoms with van der Waals surface area (Å²) >= 11 is 0. The summed E-state index contributed by atoms with van der Waals surface area (Å²) < 4.78 is 5.65. The number of hydrogen-bond acceptors (Lipinski definition) is 5. The predicted molar refractivity (Wildman–Crippen MR) is 106 cm³/mol. The lowest BCUT2D eigenvalue weighted by Crippen LogP contribution is -2.23. The SMILES string of the molecule is CCN(CC)c1ccc(C(=O)Nc2ccc(OCCN(C)C)cc2)cn1. The molecule has 1 aromatic heterocycles. The Kier molecular flexibility index (Phi) is 7.41. The maximum absolute atomic E-state index is 12.4. The third-order valence-electron chi connectivity index (χ3n) is 4.02. The van der Waals surface area contributed by atoms with Gasteiger partial charge in [0.25, 0.3) is 5.91 Å². The summed E-state index contributed by atoms with van der Waals surface area (Å²) in [6, 6.07) is 11.1. The Balaban J connectivity index is 1.92. The van der Waals surface area contributed by atoms with E-state index in [-0.39, 0.29) is 5.91 Å². The van der Waals surface area contributed by atoms with Gasteiger partial charge in [0, 0.05) is 31.5 Å². The van der Waals surface area contributed by atoms with Crippen LogP contribution >= 0.6 is 0 Å². The molecule has 0 spiro atoms. The van der Waals surface area contributed by atoms with Gasteiger partial charge in [-0.25, -0.2) is 4.98 Å². The molecule has 2 aromatic rings. The van der Waals surface area contributed by atoms with Crippen LogP contribution in [0.1, 0.15) is 24.2 Å². The quantitative estimate of drug-likeness (QED) is 0.748. The standard InChI is InChI=1S/C20H28N4O2/c1-5-24(6-2)19-12-7-16(15-21-19)20(25)22-17-8-10-18(11-9-17)26-14-13-23(3)4/h7-12,15H,5-6,13-14H2,1-4H3,(H,22,25). The molecule has 0 aliphatic carbocycles. The number of hydrogen-bond donors (Lipinski definition) is 1. The molecule has 1 N–H and O–H groups in total. The fourth-order valence-corrected chi connectivity index (χ4v) is 2.44. The van der Waals surface area contributed by atoms with Crippen molar-refractivity contribution in [1.29, 1.82) is 0 Å². The predicted octanol–water partition coefficient (Wildman–Crippen LogP) is 3.12. The number of likely N-dealkylation sites (N-methyl/N-ethyl adjacent to an activating group) is 1. The van der Waals surface area contributed by atoms with E-state index in [1.165, 1.54) is 0 Å². The van der Waals surface area contributed by atoms with Crippen molar-refractivity contribution < 1.29 is 9.53 Å². The number of carbonyl (C=O) groups is 1. The maximum atomic E-state index is 12.4. The fraction of sp³-hybridized carbons (Fsp3) is 0.400. The van der Waals surface area contributed by atoms with E-state index in [9.17, 15) is 4.79 Å². The number of pyridine rings is 1. The molecule has 0 aliphatic heterocycles. The third-order valence-corrected chi connectivity index (χ3v) is 4.02. The average molecular weight is 356 g/mol. The number of nitrogens with zero attached hydrogens (tertiary/aromatic N) is 3. The minimum absolute atomic E-state index is 0.176. The normalized spacial score (nSPS) is 10.7. The smallest absolute Gasteiger partial charge is 0.257 e. The second kappa shape index (κ2) is 9.77. The Labute approximate surface area is 155 Å². The lowest BCUT2D eigenvalue weighted by atomic mass is 10.2. The van der Waals surface area contributed by atoms with Gasteiger partial charge in [0.15, 0.2) is 0 Å². The molecule has 0 saturated heterocycles. The molecular weight excluding hydrogens is 328 g/mol. The van der Waals surface area contributed by atoms with Crippen molar-refractivity contribution in [2.45, 2.75) is 13.8 Å². The highest BCUT2D eigenvalue weighted by Crippen LogP contribution is 2.17. The molecule has 0 bridgehead atoms.